The standard InChI is InChI=1S/C21H26N2O/c1-16(2)23-20(24)21(13-6-14-22-21)15-17-9-11-19(12-10-17)18-7-4-3-5-8-18/h3-5,7-12,16,22H,6,13-15H2,1-2H3,(H,23,24). The van der Waals surface area contributed by atoms with Crippen molar-refractivity contribution in [2.24, 2.45) is 0 Å². The van der Waals surface area contributed by atoms with Crippen LogP contribution in [-0.2, 0) is 11.2 Å². The van der Waals surface area contributed by atoms with Crippen LogP contribution in [0.25, 0.3) is 11.1 Å². The fraction of sp³-hybridized carbons (Fsp3) is 0.381. The monoisotopic (exact) mass is 322 g/mol. The molecule has 0 radical (unpaired) electrons. The zero-order chi connectivity index (χ0) is 17.0. The summed E-state index contributed by atoms with van der Waals surface area (Å²) in [5, 5.41) is 6.54. The second-order valence-corrected chi connectivity index (χ2v) is 6.98. The third-order valence-corrected chi connectivity index (χ3v) is 4.67. The van der Waals surface area contributed by atoms with E-state index in [-0.39, 0.29) is 11.9 Å². The lowest BCUT2D eigenvalue weighted by molar-refractivity contribution is -0.127. The second-order valence-electron chi connectivity index (χ2n) is 6.98. The number of carbonyl (C=O) groups excluding carboxylic acids is 1. The molecular formula is C21H26N2O. The van der Waals surface area contributed by atoms with Crippen molar-refractivity contribution in [3.05, 3.63) is 60.2 Å². The van der Waals surface area contributed by atoms with Crippen molar-refractivity contribution >= 4 is 5.91 Å². The number of rotatable bonds is 5. The average molecular weight is 322 g/mol. The van der Waals surface area contributed by atoms with Crippen molar-refractivity contribution in [3.63, 3.8) is 0 Å². The maximum absolute atomic E-state index is 12.7. The highest BCUT2D eigenvalue weighted by Gasteiger charge is 2.40. The first kappa shape index (κ1) is 16.7. The Bertz CT molecular complexity index is 671. The zero-order valence-electron chi connectivity index (χ0n) is 14.5. The van der Waals surface area contributed by atoms with Crippen LogP contribution in [-0.4, -0.2) is 24.0 Å². The van der Waals surface area contributed by atoms with Crippen LogP contribution in [0, 0.1) is 0 Å². The maximum Gasteiger partial charge on any atom is 0.240 e. The molecule has 1 amide bonds. The number of hydrogen-bond acceptors (Lipinski definition) is 2. The van der Waals surface area contributed by atoms with Gasteiger partial charge in [-0.25, -0.2) is 0 Å². The van der Waals surface area contributed by atoms with Gasteiger partial charge in [-0.1, -0.05) is 54.6 Å². The van der Waals surface area contributed by atoms with Crippen molar-refractivity contribution in [3.8, 4) is 11.1 Å². The van der Waals surface area contributed by atoms with Crippen molar-refractivity contribution < 1.29 is 4.79 Å². The lowest BCUT2D eigenvalue weighted by Crippen LogP contribution is -2.56. The van der Waals surface area contributed by atoms with Gasteiger partial charge in [0.25, 0.3) is 0 Å². The summed E-state index contributed by atoms with van der Waals surface area (Å²) < 4.78 is 0. The molecule has 1 heterocycles. The van der Waals surface area contributed by atoms with Gasteiger partial charge in [0.05, 0.1) is 0 Å². The summed E-state index contributed by atoms with van der Waals surface area (Å²) in [6, 6.07) is 19.1. The molecule has 0 spiro atoms. The molecule has 2 aromatic carbocycles. The predicted molar refractivity (Wildman–Crippen MR) is 98.8 cm³/mol. The van der Waals surface area contributed by atoms with Gasteiger partial charge in [-0.05, 0) is 56.3 Å². The van der Waals surface area contributed by atoms with Crippen LogP contribution in [0.3, 0.4) is 0 Å². The van der Waals surface area contributed by atoms with Crippen LogP contribution in [0.2, 0.25) is 0 Å². The molecule has 2 N–H and O–H groups in total. The van der Waals surface area contributed by atoms with Gasteiger partial charge in [0, 0.05) is 6.04 Å². The van der Waals surface area contributed by atoms with Crippen LogP contribution in [0.1, 0.15) is 32.3 Å². The molecule has 3 nitrogen and oxygen atoms in total. The van der Waals surface area contributed by atoms with Gasteiger partial charge in [0.15, 0.2) is 0 Å². The molecular weight excluding hydrogens is 296 g/mol. The Morgan fingerprint density at radius 1 is 1.08 bits per heavy atom. The van der Waals surface area contributed by atoms with Gasteiger partial charge in [-0.15, -0.1) is 0 Å². The summed E-state index contributed by atoms with van der Waals surface area (Å²) in [5.41, 5.74) is 3.16. The molecule has 3 rings (SSSR count). The SMILES string of the molecule is CC(C)NC(=O)C1(Cc2ccc(-c3ccccc3)cc2)CCCN1. The second kappa shape index (κ2) is 7.18. The lowest BCUT2D eigenvalue weighted by Gasteiger charge is -2.29. The predicted octanol–water partition coefficient (Wildman–Crippen LogP) is 3.54. The molecule has 3 heteroatoms. The topological polar surface area (TPSA) is 41.1 Å². The Kier molecular flexibility index (Phi) is 5.00. The van der Waals surface area contributed by atoms with Crippen molar-refractivity contribution in [2.45, 2.75) is 44.7 Å². The molecule has 2 aromatic rings. The Hall–Kier alpha value is -2.13. The smallest absolute Gasteiger partial charge is 0.240 e. The summed E-state index contributed by atoms with van der Waals surface area (Å²) in [6.45, 7) is 4.93. The van der Waals surface area contributed by atoms with Gasteiger partial charge in [0.1, 0.15) is 5.54 Å². The van der Waals surface area contributed by atoms with E-state index in [0.717, 1.165) is 25.8 Å². The van der Waals surface area contributed by atoms with Crippen molar-refractivity contribution in [1.29, 1.82) is 0 Å². The van der Waals surface area contributed by atoms with Gasteiger partial charge in [0.2, 0.25) is 5.91 Å². The van der Waals surface area contributed by atoms with E-state index >= 15 is 0 Å². The summed E-state index contributed by atoms with van der Waals surface area (Å²) in [5.74, 6) is 0.127. The van der Waals surface area contributed by atoms with Crippen LogP contribution in [0.4, 0.5) is 0 Å². The van der Waals surface area contributed by atoms with E-state index in [0.29, 0.717) is 0 Å². The van der Waals surface area contributed by atoms with Gasteiger partial charge in [-0.3, -0.25) is 4.79 Å². The van der Waals surface area contributed by atoms with Gasteiger partial charge < -0.3 is 10.6 Å². The number of hydrogen-bond donors (Lipinski definition) is 2. The van der Waals surface area contributed by atoms with Gasteiger partial charge >= 0.3 is 0 Å². The molecule has 0 bridgehead atoms. The van der Waals surface area contributed by atoms with E-state index < -0.39 is 5.54 Å². The number of carbonyl (C=O) groups is 1. The van der Waals surface area contributed by atoms with E-state index in [1.54, 1.807) is 0 Å². The van der Waals surface area contributed by atoms with E-state index in [1.165, 1.54) is 16.7 Å². The van der Waals surface area contributed by atoms with Crippen LogP contribution in [0.15, 0.2) is 54.6 Å². The molecule has 24 heavy (non-hydrogen) atoms. The third-order valence-electron chi connectivity index (χ3n) is 4.67. The normalized spacial score (nSPS) is 20.3. The first-order chi connectivity index (χ1) is 11.6. The molecule has 0 aliphatic carbocycles. The molecule has 1 aliphatic heterocycles. The Balaban J connectivity index is 1.77. The number of nitrogens with one attached hydrogen (secondary N) is 2. The first-order valence-corrected chi connectivity index (χ1v) is 8.79. The van der Waals surface area contributed by atoms with Crippen LogP contribution < -0.4 is 10.6 Å². The summed E-state index contributed by atoms with van der Waals surface area (Å²) in [4.78, 5) is 12.7. The molecule has 0 aromatic heterocycles. The molecule has 1 saturated heterocycles. The van der Waals surface area contributed by atoms with Crippen LogP contribution in [0.5, 0.6) is 0 Å². The minimum atomic E-state index is -0.460. The minimum absolute atomic E-state index is 0.127. The molecule has 126 valence electrons. The average Bonchev–Trinajstić information content (AvgIpc) is 3.06. The first-order valence-electron chi connectivity index (χ1n) is 8.79. The zero-order valence-corrected chi connectivity index (χ0v) is 14.5. The molecule has 0 saturated carbocycles. The number of benzene rings is 2. The molecule has 1 atom stereocenters. The van der Waals surface area contributed by atoms with Gasteiger partial charge in [-0.2, -0.15) is 0 Å². The van der Waals surface area contributed by atoms with E-state index in [9.17, 15) is 4.79 Å². The fourth-order valence-corrected chi connectivity index (χ4v) is 3.43. The van der Waals surface area contributed by atoms with E-state index in [4.69, 9.17) is 0 Å². The van der Waals surface area contributed by atoms with E-state index in [1.807, 2.05) is 19.9 Å². The highest BCUT2D eigenvalue weighted by atomic mass is 16.2. The third kappa shape index (κ3) is 3.68. The molecule has 1 fully saturated rings. The fourth-order valence-electron chi connectivity index (χ4n) is 3.43. The minimum Gasteiger partial charge on any atom is -0.352 e. The highest BCUT2D eigenvalue weighted by Crippen LogP contribution is 2.26. The summed E-state index contributed by atoms with van der Waals surface area (Å²) in [6.07, 6.45) is 2.68. The maximum atomic E-state index is 12.7. The largest absolute Gasteiger partial charge is 0.352 e. The summed E-state index contributed by atoms with van der Waals surface area (Å²) in [7, 11) is 0. The Morgan fingerprint density at radius 3 is 2.33 bits per heavy atom. The summed E-state index contributed by atoms with van der Waals surface area (Å²) >= 11 is 0. The molecule has 1 aliphatic rings. The quantitative estimate of drug-likeness (QED) is 0.884. The van der Waals surface area contributed by atoms with Crippen LogP contribution >= 0.6 is 0 Å². The Morgan fingerprint density at radius 2 is 1.75 bits per heavy atom. The Labute approximate surface area is 144 Å². The van der Waals surface area contributed by atoms with Crippen molar-refractivity contribution in [2.75, 3.05) is 6.54 Å². The van der Waals surface area contributed by atoms with Crippen molar-refractivity contribution in [1.82, 2.24) is 10.6 Å². The lowest BCUT2D eigenvalue weighted by atomic mass is 9.87. The van der Waals surface area contributed by atoms with E-state index in [2.05, 4.69) is 59.2 Å². The number of amides is 1. The highest BCUT2D eigenvalue weighted by molar-refractivity contribution is 5.87. The molecule has 1 unspecified atom stereocenters.